The van der Waals surface area contributed by atoms with Crippen LogP contribution in [0.4, 0.5) is 0 Å². The van der Waals surface area contributed by atoms with Gasteiger partial charge in [0.05, 0.1) is 18.5 Å². The number of morpholine rings is 1. The SMILES string of the molecule is Cc1ccc(Br)cc1-c1cnc(C2CNCCO2)[nH]1. The summed E-state index contributed by atoms with van der Waals surface area (Å²) in [6, 6.07) is 6.25. The maximum atomic E-state index is 5.70. The van der Waals surface area contributed by atoms with E-state index >= 15 is 0 Å². The van der Waals surface area contributed by atoms with E-state index in [-0.39, 0.29) is 6.10 Å². The molecular formula is C14H16BrN3O. The smallest absolute Gasteiger partial charge is 0.137 e. The zero-order chi connectivity index (χ0) is 13.2. The lowest BCUT2D eigenvalue weighted by molar-refractivity contribution is 0.0227. The monoisotopic (exact) mass is 321 g/mol. The summed E-state index contributed by atoms with van der Waals surface area (Å²) in [6.45, 7) is 4.55. The van der Waals surface area contributed by atoms with Crippen LogP contribution in [0.3, 0.4) is 0 Å². The Hall–Kier alpha value is -1.17. The average Bonchev–Trinajstić information content (AvgIpc) is 2.92. The molecule has 2 heterocycles. The van der Waals surface area contributed by atoms with E-state index in [1.54, 1.807) is 0 Å². The van der Waals surface area contributed by atoms with E-state index < -0.39 is 0 Å². The molecule has 1 atom stereocenters. The Labute approximate surface area is 120 Å². The molecular weight excluding hydrogens is 306 g/mol. The number of aromatic nitrogens is 2. The number of hydrogen-bond acceptors (Lipinski definition) is 3. The molecule has 19 heavy (non-hydrogen) atoms. The number of benzene rings is 1. The topological polar surface area (TPSA) is 49.9 Å². The fourth-order valence-electron chi connectivity index (χ4n) is 2.26. The molecule has 1 aromatic carbocycles. The van der Waals surface area contributed by atoms with Crippen LogP contribution in [0.1, 0.15) is 17.5 Å². The van der Waals surface area contributed by atoms with Gasteiger partial charge in [0.1, 0.15) is 11.9 Å². The second kappa shape index (κ2) is 5.45. The molecule has 0 radical (unpaired) electrons. The highest BCUT2D eigenvalue weighted by atomic mass is 79.9. The van der Waals surface area contributed by atoms with Crippen molar-refractivity contribution in [1.29, 1.82) is 0 Å². The summed E-state index contributed by atoms with van der Waals surface area (Å²) in [5.74, 6) is 0.890. The zero-order valence-electron chi connectivity index (χ0n) is 10.7. The van der Waals surface area contributed by atoms with E-state index in [0.29, 0.717) is 0 Å². The number of imidazole rings is 1. The molecule has 100 valence electrons. The molecule has 1 aliphatic rings. The molecule has 1 aliphatic heterocycles. The molecule has 3 rings (SSSR count). The van der Waals surface area contributed by atoms with Gasteiger partial charge >= 0.3 is 0 Å². The lowest BCUT2D eigenvalue weighted by Gasteiger charge is -2.21. The molecule has 0 aliphatic carbocycles. The Morgan fingerprint density at radius 3 is 3.11 bits per heavy atom. The Morgan fingerprint density at radius 2 is 2.32 bits per heavy atom. The maximum Gasteiger partial charge on any atom is 0.137 e. The van der Waals surface area contributed by atoms with Crippen molar-refractivity contribution in [3.63, 3.8) is 0 Å². The van der Waals surface area contributed by atoms with E-state index in [2.05, 4.69) is 50.3 Å². The molecule has 1 fully saturated rings. The lowest BCUT2D eigenvalue weighted by Crippen LogP contribution is -2.33. The first-order valence-corrected chi connectivity index (χ1v) is 7.17. The third-order valence-corrected chi connectivity index (χ3v) is 3.81. The largest absolute Gasteiger partial charge is 0.368 e. The fourth-order valence-corrected chi connectivity index (χ4v) is 2.62. The molecule has 0 spiro atoms. The predicted molar refractivity (Wildman–Crippen MR) is 78.0 cm³/mol. The van der Waals surface area contributed by atoms with Crippen molar-refractivity contribution in [3.05, 3.63) is 40.3 Å². The zero-order valence-corrected chi connectivity index (χ0v) is 12.3. The molecule has 0 amide bonds. The van der Waals surface area contributed by atoms with Crippen LogP contribution >= 0.6 is 15.9 Å². The van der Waals surface area contributed by atoms with Crippen molar-refractivity contribution in [1.82, 2.24) is 15.3 Å². The summed E-state index contributed by atoms with van der Waals surface area (Å²) >= 11 is 3.51. The van der Waals surface area contributed by atoms with E-state index in [4.69, 9.17) is 4.74 Å². The van der Waals surface area contributed by atoms with Crippen LogP contribution in [-0.2, 0) is 4.74 Å². The molecule has 4 nitrogen and oxygen atoms in total. The Kier molecular flexibility index (Phi) is 3.68. The van der Waals surface area contributed by atoms with E-state index in [0.717, 1.165) is 41.3 Å². The first-order chi connectivity index (χ1) is 9.24. The molecule has 0 saturated carbocycles. The van der Waals surface area contributed by atoms with E-state index in [1.165, 1.54) is 5.56 Å². The molecule has 1 aromatic heterocycles. The van der Waals surface area contributed by atoms with Crippen molar-refractivity contribution in [2.75, 3.05) is 19.7 Å². The van der Waals surface area contributed by atoms with Crippen LogP contribution < -0.4 is 5.32 Å². The number of aromatic amines is 1. The van der Waals surface area contributed by atoms with Crippen LogP contribution in [0.2, 0.25) is 0 Å². The number of rotatable bonds is 2. The third kappa shape index (κ3) is 2.73. The Balaban J connectivity index is 1.89. The van der Waals surface area contributed by atoms with Crippen LogP contribution in [0, 0.1) is 6.92 Å². The van der Waals surface area contributed by atoms with Gasteiger partial charge in [-0.25, -0.2) is 4.98 Å². The highest BCUT2D eigenvalue weighted by Gasteiger charge is 2.19. The number of nitrogens with zero attached hydrogens (tertiary/aromatic N) is 1. The maximum absolute atomic E-state index is 5.70. The number of H-pyrrole nitrogens is 1. The van der Waals surface area contributed by atoms with Gasteiger partial charge in [-0.05, 0) is 24.6 Å². The number of nitrogens with one attached hydrogen (secondary N) is 2. The standard InChI is InChI=1S/C14H16BrN3O/c1-9-2-3-10(15)6-11(9)12-7-17-14(18-12)13-8-16-4-5-19-13/h2-3,6-7,13,16H,4-5,8H2,1H3,(H,17,18). The van der Waals surface area contributed by atoms with Crippen molar-refractivity contribution in [3.8, 4) is 11.3 Å². The third-order valence-electron chi connectivity index (χ3n) is 3.32. The quantitative estimate of drug-likeness (QED) is 0.894. The first kappa shape index (κ1) is 12.8. The summed E-state index contributed by atoms with van der Waals surface area (Å²) in [5.41, 5.74) is 3.42. The van der Waals surface area contributed by atoms with E-state index in [1.807, 2.05) is 12.3 Å². The number of hydrogen-bond donors (Lipinski definition) is 2. The van der Waals surface area contributed by atoms with Crippen LogP contribution in [0.25, 0.3) is 11.3 Å². The Morgan fingerprint density at radius 1 is 1.42 bits per heavy atom. The summed E-state index contributed by atoms with van der Waals surface area (Å²) < 4.78 is 6.77. The summed E-state index contributed by atoms with van der Waals surface area (Å²) in [7, 11) is 0. The highest BCUT2D eigenvalue weighted by molar-refractivity contribution is 9.10. The fraction of sp³-hybridized carbons (Fsp3) is 0.357. The van der Waals surface area contributed by atoms with Gasteiger partial charge in [0.15, 0.2) is 0 Å². The van der Waals surface area contributed by atoms with Crippen LogP contribution in [0.5, 0.6) is 0 Å². The minimum atomic E-state index is 0.0231. The highest BCUT2D eigenvalue weighted by Crippen LogP contribution is 2.27. The normalized spacial score (nSPS) is 19.6. The molecule has 2 N–H and O–H groups in total. The first-order valence-electron chi connectivity index (χ1n) is 6.38. The van der Waals surface area contributed by atoms with Crippen LogP contribution in [0.15, 0.2) is 28.9 Å². The number of ether oxygens (including phenoxy) is 1. The van der Waals surface area contributed by atoms with Crippen LogP contribution in [-0.4, -0.2) is 29.7 Å². The van der Waals surface area contributed by atoms with Gasteiger partial charge in [0, 0.05) is 23.1 Å². The molecule has 2 aromatic rings. The van der Waals surface area contributed by atoms with Crippen molar-refractivity contribution < 1.29 is 4.74 Å². The average molecular weight is 322 g/mol. The number of aryl methyl sites for hydroxylation is 1. The van der Waals surface area contributed by atoms with Gasteiger partial charge in [-0.2, -0.15) is 0 Å². The summed E-state index contributed by atoms with van der Waals surface area (Å²) in [4.78, 5) is 7.82. The van der Waals surface area contributed by atoms with Crippen molar-refractivity contribution in [2.24, 2.45) is 0 Å². The van der Waals surface area contributed by atoms with Gasteiger partial charge in [-0.1, -0.05) is 22.0 Å². The molecule has 0 bridgehead atoms. The predicted octanol–water partition coefficient (Wildman–Crippen LogP) is 2.81. The molecule has 5 heteroatoms. The second-order valence-corrected chi connectivity index (χ2v) is 5.62. The van der Waals surface area contributed by atoms with Gasteiger partial charge < -0.3 is 15.0 Å². The van der Waals surface area contributed by atoms with Crippen molar-refractivity contribution in [2.45, 2.75) is 13.0 Å². The lowest BCUT2D eigenvalue weighted by atomic mass is 10.1. The molecule has 1 unspecified atom stereocenters. The Bertz CT molecular complexity index is 576. The van der Waals surface area contributed by atoms with E-state index in [9.17, 15) is 0 Å². The minimum absolute atomic E-state index is 0.0231. The molecule has 1 saturated heterocycles. The van der Waals surface area contributed by atoms with Gasteiger partial charge in [0.2, 0.25) is 0 Å². The van der Waals surface area contributed by atoms with Gasteiger partial charge in [0.25, 0.3) is 0 Å². The number of halogens is 1. The minimum Gasteiger partial charge on any atom is -0.368 e. The van der Waals surface area contributed by atoms with Crippen molar-refractivity contribution >= 4 is 15.9 Å². The van der Waals surface area contributed by atoms with Gasteiger partial charge in [-0.15, -0.1) is 0 Å². The summed E-state index contributed by atoms with van der Waals surface area (Å²) in [6.07, 6.45) is 1.90. The summed E-state index contributed by atoms with van der Waals surface area (Å²) in [5, 5.41) is 3.31. The second-order valence-electron chi connectivity index (χ2n) is 4.70. The van der Waals surface area contributed by atoms with Gasteiger partial charge in [-0.3, -0.25) is 0 Å².